The van der Waals surface area contributed by atoms with Crippen LogP contribution < -0.4 is 15.5 Å². The molecule has 0 atom stereocenters. The van der Waals surface area contributed by atoms with Crippen LogP contribution in [0.15, 0.2) is 89.7 Å². The molecule has 166 valence electrons. The Hall–Kier alpha value is -4.26. The molecule has 1 N–H and O–H groups in total. The number of nitrogens with one attached hydrogen (secondary N) is 1. The summed E-state index contributed by atoms with van der Waals surface area (Å²) in [6.45, 7) is 2.29. The van der Waals surface area contributed by atoms with Crippen LogP contribution >= 0.6 is 0 Å². The van der Waals surface area contributed by atoms with Crippen LogP contribution in [0, 0.1) is 12.7 Å². The van der Waals surface area contributed by atoms with Gasteiger partial charge in [0.1, 0.15) is 23.9 Å². The van der Waals surface area contributed by atoms with Crippen LogP contribution in [0.4, 0.5) is 4.39 Å². The first-order chi connectivity index (χ1) is 16.0. The van der Waals surface area contributed by atoms with Crippen molar-refractivity contribution in [2.24, 2.45) is 0 Å². The van der Waals surface area contributed by atoms with Crippen molar-refractivity contribution in [3.63, 3.8) is 0 Å². The molecule has 3 aromatic carbocycles. The molecule has 6 nitrogen and oxygen atoms in total. The van der Waals surface area contributed by atoms with Gasteiger partial charge in [-0.15, -0.1) is 0 Å². The SMILES string of the molecule is Cc1cc(=O)c(C(=O)NCc2ccc(OCc3ccccc3)cc2)nn1-c1ccccc1F. The van der Waals surface area contributed by atoms with Crippen LogP contribution in [0.3, 0.4) is 0 Å². The average molecular weight is 443 g/mol. The molecule has 0 spiro atoms. The van der Waals surface area contributed by atoms with Crippen LogP contribution in [0.2, 0.25) is 0 Å². The van der Waals surface area contributed by atoms with Gasteiger partial charge in [-0.2, -0.15) is 5.10 Å². The molecule has 0 aliphatic heterocycles. The zero-order valence-corrected chi connectivity index (χ0v) is 18.0. The largest absolute Gasteiger partial charge is 0.489 e. The van der Waals surface area contributed by atoms with E-state index >= 15 is 0 Å². The lowest BCUT2D eigenvalue weighted by molar-refractivity contribution is 0.0943. The number of carbonyl (C=O) groups is 1. The molecule has 0 saturated carbocycles. The van der Waals surface area contributed by atoms with Crippen molar-refractivity contribution in [2.75, 3.05) is 0 Å². The summed E-state index contributed by atoms with van der Waals surface area (Å²) in [5, 5.41) is 6.81. The van der Waals surface area contributed by atoms with Crippen molar-refractivity contribution in [2.45, 2.75) is 20.1 Å². The fraction of sp³-hybridized carbons (Fsp3) is 0.115. The third-order valence-electron chi connectivity index (χ3n) is 5.03. The number of hydrogen-bond donors (Lipinski definition) is 1. The van der Waals surface area contributed by atoms with Crippen molar-refractivity contribution in [3.05, 3.63) is 123 Å². The highest BCUT2D eigenvalue weighted by atomic mass is 19.1. The van der Waals surface area contributed by atoms with E-state index in [0.717, 1.165) is 11.1 Å². The minimum atomic E-state index is -0.630. The highest BCUT2D eigenvalue weighted by molar-refractivity contribution is 5.92. The quantitative estimate of drug-likeness (QED) is 0.465. The van der Waals surface area contributed by atoms with E-state index in [0.29, 0.717) is 18.1 Å². The Balaban J connectivity index is 1.42. The van der Waals surface area contributed by atoms with Crippen molar-refractivity contribution in [1.29, 1.82) is 0 Å². The number of benzene rings is 3. The first kappa shape index (κ1) is 22.0. The van der Waals surface area contributed by atoms with E-state index in [9.17, 15) is 14.0 Å². The molecule has 1 aromatic heterocycles. The second-order valence-corrected chi connectivity index (χ2v) is 7.46. The lowest BCUT2D eigenvalue weighted by atomic mass is 10.2. The summed E-state index contributed by atoms with van der Waals surface area (Å²) < 4.78 is 21.2. The average Bonchev–Trinajstić information content (AvgIpc) is 2.83. The van der Waals surface area contributed by atoms with Gasteiger partial charge in [-0.05, 0) is 42.3 Å². The van der Waals surface area contributed by atoms with Gasteiger partial charge >= 0.3 is 0 Å². The molecule has 0 unspecified atom stereocenters. The van der Waals surface area contributed by atoms with E-state index < -0.39 is 17.2 Å². The zero-order chi connectivity index (χ0) is 23.2. The third-order valence-corrected chi connectivity index (χ3v) is 5.03. The molecule has 1 amide bonds. The molecule has 4 rings (SSSR count). The molecular formula is C26H22FN3O3. The Morgan fingerprint density at radius 3 is 2.39 bits per heavy atom. The van der Waals surface area contributed by atoms with Crippen molar-refractivity contribution in [1.82, 2.24) is 15.1 Å². The summed E-state index contributed by atoms with van der Waals surface area (Å²) >= 11 is 0. The maximum Gasteiger partial charge on any atom is 0.276 e. The standard InChI is InChI=1S/C26H22FN3O3/c1-18-15-24(31)25(29-30(18)23-10-6-5-9-22(23)27)26(32)28-16-19-11-13-21(14-12-19)33-17-20-7-3-2-4-8-20/h2-15H,16-17H2,1H3,(H,28,32). The van der Waals surface area contributed by atoms with E-state index in [4.69, 9.17) is 4.74 Å². The van der Waals surface area contributed by atoms with Gasteiger partial charge < -0.3 is 10.1 Å². The highest BCUT2D eigenvalue weighted by Gasteiger charge is 2.16. The molecule has 0 radical (unpaired) electrons. The normalized spacial score (nSPS) is 10.6. The van der Waals surface area contributed by atoms with Crippen molar-refractivity contribution in [3.8, 4) is 11.4 Å². The zero-order valence-electron chi connectivity index (χ0n) is 18.0. The number of hydrogen-bond acceptors (Lipinski definition) is 4. The molecule has 0 aliphatic carbocycles. The second kappa shape index (κ2) is 9.91. The summed E-state index contributed by atoms with van der Waals surface area (Å²) in [5.74, 6) is -0.422. The van der Waals surface area contributed by atoms with E-state index in [1.165, 1.54) is 22.9 Å². The van der Waals surface area contributed by atoms with Crippen LogP contribution in [-0.4, -0.2) is 15.7 Å². The first-order valence-electron chi connectivity index (χ1n) is 10.4. The number of amides is 1. The summed E-state index contributed by atoms with van der Waals surface area (Å²) in [7, 11) is 0. The molecule has 7 heteroatoms. The number of halogens is 1. The van der Waals surface area contributed by atoms with Gasteiger partial charge in [0.25, 0.3) is 5.91 Å². The van der Waals surface area contributed by atoms with Gasteiger partial charge in [0, 0.05) is 18.3 Å². The minimum Gasteiger partial charge on any atom is -0.489 e. The van der Waals surface area contributed by atoms with Crippen LogP contribution in [0.5, 0.6) is 5.75 Å². The van der Waals surface area contributed by atoms with E-state index in [-0.39, 0.29) is 17.9 Å². The van der Waals surface area contributed by atoms with Gasteiger partial charge in [-0.1, -0.05) is 54.6 Å². The molecule has 33 heavy (non-hydrogen) atoms. The monoisotopic (exact) mass is 443 g/mol. The maximum absolute atomic E-state index is 14.2. The van der Waals surface area contributed by atoms with Gasteiger partial charge in [0.2, 0.25) is 5.43 Å². The number of rotatable bonds is 7. The van der Waals surface area contributed by atoms with E-state index in [1.807, 2.05) is 54.6 Å². The number of aryl methyl sites for hydroxylation is 1. The third kappa shape index (κ3) is 5.33. The van der Waals surface area contributed by atoms with Crippen LogP contribution in [0.1, 0.15) is 27.3 Å². The summed E-state index contributed by atoms with van der Waals surface area (Å²) in [6, 6.07) is 24.5. The Morgan fingerprint density at radius 1 is 0.970 bits per heavy atom. The lowest BCUT2D eigenvalue weighted by Crippen LogP contribution is -2.31. The topological polar surface area (TPSA) is 73.2 Å². The van der Waals surface area contributed by atoms with Gasteiger partial charge in [0.05, 0.1) is 0 Å². The Morgan fingerprint density at radius 2 is 1.67 bits per heavy atom. The fourth-order valence-electron chi connectivity index (χ4n) is 3.28. The number of ether oxygens (including phenoxy) is 1. The minimum absolute atomic E-state index is 0.162. The number of aromatic nitrogens is 2. The lowest BCUT2D eigenvalue weighted by Gasteiger charge is -2.12. The Bertz CT molecular complexity index is 1320. The predicted octanol–water partition coefficient (Wildman–Crippen LogP) is 4.19. The van der Waals surface area contributed by atoms with Crippen molar-refractivity contribution < 1.29 is 13.9 Å². The Kier molecular flexibility index (Phi) is 6.59. The van der Waals surface area contributed by atoms with Gasteiger partial charge in [-0.25, -0.2) is 9.07 Å². The van der Waals surface area contributed by atoms with Crippen LogP contribution in [0.25, 0.3) is 5.69 Å². The number of para-hydroxylation sites is 1. The molecular weight excluding hydrogens is 421 g/mol. The molecule has 0 bridgehead atoms. The predicted molar refractivity (Wildman–Crippen MR) is 123 cm³/mol. The van der Waals surface area contributed by atoms with Gasteiger partial charge in [-0.3, -0.25) is 9.59 Å². The summed E-state index contributed by atoms with van der Waals surface area (Å²) in [5.41, 5.74) is 1.66. The molecule has 0 aliphatic rings. The molecule has 1 heterocycles. The second-order valence-electron chi connectivity index (χ2n) is 7.46. The molecule has 0 saturated heterocycles. The van der Waals surface area contributed by atoms with E-state index in [2.05, 4.69) is 10.4 Å². The summed E-state index contributed by atoms with van der Waals surface area (Å²) in [4.78, 5) is 25.0. The molecule has 4 aromatic rings. The summed E-state index contributed by atoms with van der Waals surface area (Å²) in [6.07, 6.45) is 0. The fourth-order valence-corrected chi connectivity index (χ4v) is 3.28. The Labute approximate surface area is 190 Å². The smallest absolute Gasteiger partial charge is 0.276 e. The highest BCUT2D eigenvalue weighted by Crippen LogP contribution is 2.15. The van der Waals surface area contributed by atoms with Crippen LogP contribution in [-0.2, 0) is 13.2 Å². The van der Waals surface area contributed by atoms with Crippen molar-refractivity contribution >= 4 is 5.91 Å². The van der Waals surface area contributed by atoms with Gasteiger partial charge in [0.15, 0.2) is 5.69 Å². The molecule has 0 fully saturated rings. The number of nitrogens with zero attached hydrogens (tertiary/aromatic N) is 2. The maximum atomic E-state index is 14.2. The number of carbonyl (C=O) groups excluding carboxylic acids is 1. The first-order valence-corrected chi connectivity index (χ1v) is 10.4. The van der Waals surface area contributed by atoms with E-state index in [1.54, 1.807) is 19.1 Å².